The standard InChI is InChI=1S/C19H19ClN4O/c1-12-5-4-6-13(2)18(12)23-17(25)10-24(3)19-15-8-7-14(20)9-16(15)21-11-22-19/h4-9,11H,10H2,1-3H3,(H,23,25). The average molecular weight is 355 g/mol. The zero-order valence-electron chi connectivity index (χ0n) is 14.4. The normalized spacial score (nSPS) is 10.7. The molecule has 6 heteroatoms. The fraction of sp³-hybridized carbons (Fsp3) is 0.211. The maximum atomic E-state index is 12.5. The van der Waals surface area contributed by atoms with Crippen molar-refractivity contribution >= 4 is 39.9 Å². The molecule has 3 rings (SSSR count). The van der Waals surface area contributed by atoms with Crippen LogP contribution in [0.1, 0.15) is 11.1 Å². The van der Waals surface area contributed by atoms with Gasteiger partial charge in [-0.1, -0.05) is 29.8 Å². The first-order valence-corrected chi connectivity index (χ1v) is 8.31. The second kappa shape index (κ2) is 7.07. The van der Waals surface area contributed by atoms with E-state index in [2.05, 4.69) is 15.3 Å². The number of hydrogen-bond donors (Lipinski definition) is 1. The summed E-state index contributed by atoms with van der Waals surface area (Å²) in [5.41, 5.74) is 3.69. The van der Waals surface area contributed by atoms with Gasteiger partial charge in [-0.15, -0.1) is 0 Å². The van der Waals surface area contributed by atoms with Crippen LogP contribution in [0.15, 0.2) is 42.7 Å². The van der Waals surface area contributed by atoms with Crippen molar-refractivity contribution in [3.63, 3.8) is 0 Å². The van der Waals surface area contributed by atoms with Gasteiger partial charge in [-0.05, 0) is 43.2 Å². The third kappa shape index (κ3) is 3.72. The van der Waals surface area contributed by atoms with E-state index in [4.69, 9.17) is 11.6 Å². The molecule has 128 valence electrons. The summed E-state index contributed by atoms with van der Waals surface area (Å²) in [5.74, 6) is 0.596. The molecule has 0 radical (unpaired) electrons. The van der Waals surface area contributed by atoms with Gasteiger partial charge >= 0.3 is 0 Å². The predicted molar refractivity (Wildman–Crippen MR) is 102 cm³/mol. The number of anilines is 2. The Morgan fingerprint density at radius 2 is 1.88 bits per heavy atom. The Hall–Kier alpha value is -2.66. The molecule has 1 amide bonds. The van der Waals surface area contributed by atoms with E-state index in [0.29, 0.717) is 10.8 Å². The van der Waals surface area contributed by atoms with Gasteiger partial charge in [-0.25, -0.2) is 9.97 Å². The molecule has 0 bridgehead atoms. The number of fused-ring (bicyclic) bond motifs is 1. The molecule has 0 saturated heterocycles. The molecule has 0 aliphatic heterocycles. The number of hydrogen-bond acceptors (Lipinski definition) is 4. The molecule has 0 fully saturated rings. The molecule has 0 aliphatic rings. The quantitative estimate of drug-likeness (QED) is 0.770. The minimum absolute atomic E-state index is 0.0966. The fourth-order valence-corrected chi connectivity index (χ4v) is 2.97. The summed E-state index contributed by atoms with van der Waals surface area (Å²) in [5, 5.41) is 4.47. The third-order valence-electron chi connectivity index (χ3n) is 4.07. The Morgan fingerprint density at radius 3 is 2.60 bits per heavy atom. The van der Waals surface area contributed by atoms with Crippen molar-refractivity contribution in [2.75, 3.05) is 23.8 Å². The summed E-state index contributed by atoms with van der Waals surface area (Å²) in [6.07, 6.45) is 1.48. The Labute approximate surface area is 151 Å². The van der Waals surface area contributed by atoms with Crippen molar-refractivity contribution in [2.24, 2.45) is 0 Å². The number of likely N-dealkylation sites (N-methyl/N-ethyl adjacent to an activating group) is 1. The highest BCUT2D eigenvalue weighted by Gasteiger charge is 2.14. The van der Waals surface area contributed by atoms with Crippen molar-refractivity contribution < 1.29 is 4.79 Å². The molecule has 1 heterocycles. The van der Waals surface area contributed by atoms with Crippen molar-refractivity contribution in [3.8, 4) is 0 Å². The van der Waals surface area contributed by atoms with Crippen LogP contribution in [0.25, 0.3) is 10.9 Å². The van der Waals surface area contributed by atoms with Gasteiger partial charge in [0.05, 0.1) is 12.1 Å². The zero-order chi connectivity index (χ0) is 18.0. The lowest BCUT2D eigenvalue weighted by molar-refractivity contribution is -0.114. The highest BCUT2D eigenvalue weighted by Crippen LogP contribution is 2.25. The van der Waals surface area contributed by atoms with Gasteiger partial charge in [0.15, 0.2) is 0 Å². The first kappa shape index (κ1) is 17.2. The van der Waals surface area contributed by atoms with Crippen LogP contribution in [0.3, 0.4) is 0 Å². The summed E-state index contributed by atoms with van der Waals surface area (Å²) in [4.78, 5) is 22.8. The van der Waals surface area contributed by atoms with E-state index in [0.717, 1.165) is 27.7 Å². The molecule has 1 N–H and O–H groups in total. The van der Waals surface area contributed by atoms with Crippen LogP contribution < -0.4 is 10.2 Å². The van der Waals surface area contributed by atoms with Crippen molar-refractivity contribution in [1.82, 2.24) is 9.97 Å². The van der Waals surface area contributed by atoms with Crippen molar-refractivity contribution in [3.05, 3.63) is 58.9 Å². The number of nitrogens with zero attached hydrogens (tertiary/aromatic N) is 3. The van der Waals surface area contributed by atoms with E-state index < -0.39 is 0 Å². The van der Waals surface area contributed by atoms with Gasteiger partial charge in [0.25, 0.3) is 0 Å². The predicted octanol–water partition coefficient (Wildman–Crippen LogP) is 3.97. The van der Waals surface area contributed by atoms with E-state index in [1.165, 1.54) is 6.33 Å². The van der Waals surface area contributed by atoms with E-state index in [1.54, 1.807) is 17.0 Å². The molecule has 1 aromatic heterocycles. The molecule has 5 nitrogen and oxygen atoms in total. The second-order valence-electron chi connectivity index (χ2n) is 6.03. The molecular formula is C19H19ClN4O. The number of para-hydroxylation sites is 1. The second-order valence-corrected chi connectivity index (χ2v) is 6.47. The molecule has 3 aromatic rings. The molecule has 0 unspecified atom stereocenters. The lowest BCUT2D eigenvalue weighted by atomic mass is 10.1. The SMILES string of the molecule is Cc1cccc(C)c1NC(=O)CN(C)c1ncnc2cc(Cl)ccc12. The van der Waals surface area contributed by atoms with Crippen LogP contribution in [-0.2, 0) is 4.79 Å². The number of carbonyl (C=O) groups is 1. The Kier molecular flexibility index (Phi) is 4.86. The molecule has 0 saturated carbocycles. The largest absolute Gasteiger partial charge is 0.350 e. The smallest absolute Gasteiger partial charge is 0.243 e. The summed E-state index contributed by atoms with van der Waals surface area (Å²) < 4.78 is 0. The number of aryl methyl sites for hydroxylation is 2. The minimum atomic E-state index is -0.0966. The van der Waals surface area contributed by atoms with Gasteiger partial charge in [0.1, 0.15) is 12.1 Å². The Balaban J connectivity index is 1.80. The maximum absolute atomic E-state index is 12.5. The third-order valence-corrected chi connectivity index (χ3v) is 4.30. The number of aromatic nitrogens is 2. The molecule has 0 atom stereocenters. The molecule has 25 heavy (non-hydrogen) atoms. The highest BCUT2D eigenvalue weighted by atomic mass is 35.5. The topological polar surface area (TPSA) is 58.1 Å². The molecule has 0 aliphatic carbocycles. The Morgan fingerprint density at radius 1 is 1.16 bits per heavy atom. The summed E-state index contributed by atoms with van der Waals surface area (Å²) >= 11 is 6.02. The van der Waals surface area contributed by atoms with E-state index in [9.17, 15) is 4.79 Å². The first-order chi connectivity index (χ1) is 12.0. The number of benzene rings is 2. The summed E-state index contributed by atoms with van der Waals surface area (Å²) in [6, 6.07) is 11.4. The van der Waals surface area contributed by atoms with Gasteiger partial charge in [0, 0.05) is 23.1 Å². The number of amides is 1. The van der Waals surface area contributed by atoms with Gasteiger partial charge in [0.2, 0.25) is 5.91 Å². The number of nitrogens with one attached hydrogen (secondary N) is 1. The van der Waals surface area contributed by atoms with Gasteiger partial charge in [-0.3, -0.25) is 4.79 Å². The lowest BCUT2D eigenvalue weighted by Crippen LogP contribution is -2.31. The fourth-order valence-electron chi connectivity index (χ4n) is 2.80. The number of rotatable bonds is 4. The average Bonchev–Trinajstić information content (AvgIpc) is 2.57. The maximum Gasteiger partial charge on any atom is 0.243 e. The van der Waals surface area contributed by atoms with Crippen LogP contribution in [0.2, 0.25) is 5.02 Å². The van der Waals surface area contributed by atoms with E-state index >= 15 is 0 Å². The Bertz CT molecular complexity index is 922. The van der Waals surface area contributed by atoms with Gasteiger partial charge < -0.3 is 10.2 Å². The minimum Gasteiger partial charge on any atom is -0.350 e. The van der Waals surface area contributed by atoms with Crippen LogP contribution in [0, 0.1) is 13.8 Å². The van der Waals surface area contributed by atoms with Gasteiger partial charge in [-0.2, -0.15) is 0 Å². The number of carbonyl (C=O) groups excluding carboxylic acids is 1. The van der Waals surface area contributed by atoms with Crippen molar-refractivity contribution in [2.45, 2.75) is 13.8 Å². The monoisotopic (exact) mass is 354 g/mol. The van der Waals surface area contributed by atoms with Crippen molar-refractivity contribution in [1.29, 1.82) is 0 Å². The molecular weight excluding hydrogens is 336 g/mol. The summed E-state index contributed by atoms with van der Waals surface area (Å²) in [6.45, 7) is 4.14. The lowest BCUT2D eigenvalue weighted by Gasteiger charge is -2.20. The highest BCUT2D eigenvalue weighted by molar-refractivity contribution is 6.31. The van der Waals surface area contributed by atoms with Crippen LogP contribution in [0.4, 0.5) is 11.5 Å². The number of halogens is 1. The molecule has 0 spiro atoms. The van der Waals surface area contributed by atoms with Crippen LogP contribution >= 0.6 is 11.6 Å². The molecule has 2 aromatic carbocycles. The van der Waals surface area contributed by atoms with E-state index in [-0.39, 0.29) is 12.5 Å². The van der Waals surface area contributed by atoms with E-state index in [1.807, 2.05) is 45.2 Å². The van der Waals surface area contributed by atoms with Crippen LogP contribution in [-0.4, -0.2) is 29.5 Å². The first-order valence-electron chi connectivity index (χ1n) is 7.93. The zero-order valence-corrected chi connectivity index (χ0v) is 15.1. The van der Waals surface area contributed by atoms with Crippen LogP contribution in [0.5, 0.6) is 0 Å². The summed E-state index contributed by atoms with van der Waals surface area (Å²) in [7, 11) is 1.83.